The number of ether oxygens (including phenoxy) is 16. The van der Waals surface area contributed by atoms with Gasteiger partial charge >= 0.3 is 23.1 Å². The van der Waals surface area contributed by atoms with Crippen molar-refractivity contribution in [3.05, 3.63) is 129 Å². The van der Waals surface area contributed by atoms with E-state index in [2.05, 4.69) is 50.2 Å². The highest BCUT2D eigenvalue weighted by atomic mass is 32.7. The molecule has 6 fully saturated rings. The number of urea groups is 1. The van der Waals surface area contributed by atoms with Crippen LogP contribution >= 0.6 is 35.9 Å². The van der Waals surface area contributed by atoms with Gasteiger partial charge in [-0.3, -0.25) is 70.8 Å². The van der Waals surface area contributed by atoms with E-state index in [1.54, 1.807) is 20.8 Å². The van der Waals surface area contributed by atoms with E-state index < -0.39 is 282 Å². The van der Waals surface area contributed by atoms with Gasteiger partial charge in [0, 0.05) is 83.5 Å². The number of aliphatic hydroxyl groups excluding tert-OH is 1. The molecule has 0 bridgehead atoms. The molecule has 0 spiro atoms. The van der Waals surface area contributed by atoms with Crippen LogP contribution in [-0.2, 0) is 171 Å². The lowest BCUT2D eigenvalue weighted by molar-refractivity contribution is -0.241. The molecule has 7 aliphatic rings. The number of aromatic amines is 3. The summed E-state index contributed by atoms with van der Waals surface area (Å²) in [6.45, 7) is -15.8. The summed E-state index contributed by atoms with van der Waals surface area (Å²) in [5.74, 6) is -0.651. The van der Waals surface area contributed by atoms with Crippen LogP contribution in [0.5, 0.6) is 0 Å². The summed E-state index contributed by atoms with van der Waals surface area (Å²) in [5.41, 5.74) is 18.8. The molecule has 11 unspecified atom stereocenters. The summed E-state index contributed by atoms with van der Waals surface area (Å²) in [6.07, 6.45) is -31.5. The molecule has 29 atom stereocenters. The first kappa shape index (κ1) is 113. The number of hydrogen-bond acceptors (Lipinski definition) is 54. The molecule has 2 amide bonds. The number of phosphoric acid groups is 2. The number of nitrogens with zero attached hydrogens (tertiary/aromatic N) is 12. The highest BCUT2D eigenvalue weighted by Gasteiger charge is 2.57. The molecule has 14 rings (SSSR count). The Balaban J connectivity index is 0.763. The maximum absolute atomic E-state index is 15.6. The number of carbonyl (C=O) groups is 1. The Labute approximate surface area is 836 Å². The molecule has 0 radical (unpaired) electrons. The number of fused-ring (bicyclic) bond motifs is 2. The number of carbonyl (C=O) groups excluding carboxylic acids is 1. The van der Waals surface area contributed by atoms with Crippen LogP contribution in [0.4, 0.5) is 22.4 Å². The minimum Gasteiger partial charge on any atom is -0.780 e. The van der Waals surface area contributed by atoms with Crippen molar-refractivity contribution in [2.75, 3.05) is 152 Å². The summed E-state index contributed by atoms with van der Waals surface area (Å²) in [7, 11) is -5.75. The second-order valence-electron chi connectivity index (χ2n) is 33.4. The minimum atomic E-state index is -6.22. The van der Waals surface area contributed by atoms with E-state index in [4.69, 9.17) is 180 Å². The zero-order chi connectivity index (χ0) is 105. The molecular weight excluding hydrogens is 2100 g/mol. The Kier molecular flexibility index (Phi) is 38.2. The Hall–Kier alpha value is -7.39. The number of H-pyrrole nitrogens is 3. The van der Waals surface area contributed by atoms with E-state index in [-0.39, 0.29) is 104 Å². The number of methoxy groups -OCH3 is 5. The highest BCUT2D eigenvalue weighted by molar-refractivity contribution is 8.32. The number of nitrogens with two attached hydrogens (primary N) is 4. The predicted octanol–water partition coefficient (Wildman–Crippen LogP) is -4.50. The number of nitrogen functional groups attached to an aromatic ring is 3. The number of nitrogens with one attached hydrogen (secondary N) is 4. The monoisotopic (exact) mass is 2210 g/mol. The van der Waals surface area contributed by atoms with E-state index in [1.165, 1.54) is 66.4 Å². The quantitative estimate of drug-likeness (QED) is 0.00986. The normalized spacial score (nSPS) is 30.3. The average Bonchev–Trinajstić information content (AvgIpc) is 1.60. The molecule has 145 heavy (non-hydrogen) atoms. The van der Waals surface area contributed by atoms with Crippen LogP contribution in [0.1, 0.15) is 74.5 Å². The molecule has 14 heterocycles. The lowest BCUT2D eigenvalue weighted by Gasteiger charge is -2.36. The van der Waals surface area contributed by atoms with Crippen molar-refractivity contribution in [3.8, 4) is 0 Å². The highest BCUT2D eigenvalue weighted by Crippen LogP contribution is 2.57. The van der Waals surface area contributed by atoms with Crippen molar-refractivity contribution in [1.29, 1.82) is 0 Å². The number of phosphoric ester groups is 2. The van der Waals surface area contributed by atoms with Crippen LogP contribution in [-0.4, -0.2) is 335 Å². The Morgan fingerprint density at radius 2 is 0.897 bits per heavy atom. The van der Waals surface area contributed by atoms with Gasteiger partial charge in [0.2, 0.25) is 5.95 Å². The zero-order valence-corrected chi connectivity index (χ0v) is 85.8. The lowest BCUT2D eigenvalue weighted by atomic mass is 10.1. The zero-order valence-electron chi connectivity index (χ0n) is 78.8. The molecule has 7 aromatic rings. The first-order chi connectivity index (χ1) is 68.9. The van der Waals surface area contributed by atoms with E-state index in [9.17, 15) is 48.5 Å². The smallest absolute Gasteiger partial charge is 0.351 e. The Morgan fingerprint density at radius 1 is 0.469 bits per heavy atom. The predicted molar refractivity (Wildman–Crippen MR) is 494 cm³/mol. The number of aliphatic hydroxyl groups is 1. The molecule has 0 aliphatic carbocycles. The molecule has 7 aromatic heterocycles. The molecular formula is C76H108N20O41P5S3-5. The van der Waals surface area contributed by atoms with Gasteiger partial charge in [-0.15, -0.1) is 0 Å². The lowest BCUT2D eigenvalue weighted by Crippen LogP contribution is -2.57. The van der Waals surface area contributed by atoms with Crippen molar-refractivity contribution in [2.24, 2.45) is 5.73 Å². The summed E-state index contributed by atoms with van der Waals surface area (Å²) >= 11 is 16.7. The van der Waals surface area contributed by atoms with Gasteiger partial charge in [-0.2, -0.15) is 9.97 Å². The Bertz CT molecular complexity index is 6370. The van der Waals surface area contributed by atoms with Gasteiger partial charge in [-0.1, -0.05) is 30.5 Å². The third-order valence-electron chi connectivity index (χ3n) is 23.6. The van der Waals surface area contributed by atoms with Crippen LogP contribution in [0.3, 0.4) is 0 Å². The van der Waals surface area contributed by atoms with Gasteiger partial charge < -0.3 is 186 Å². The van der Waals surface area contributed by atoms with Crippen molar-refractivity contribution in [1.82, 2.24) is 77.9 Å². The van der Waals surface area contributed by atoms with Gasteiger partial charge in [0.25, 0.3) is 32.3 Å². The molecule has 7 aliphatic heterocycles. The van der Waals surface area contributed by atoms with Crippen LogP contribution < -0.4 is 81.6 Å². The van der Waals surface area contributed by atoms with Gasteiger partial charge in [-0.25, -0.2) is 39.1 Å². The number of aromatic nitrogens is 14. The fourth-order valence-electron chi connectivity index (χ4n) is 16.6. The molecule has 13 N–H and O–H groups in total. The van der Waals surface area contributed by atoms with Crippen LogP contribution in [0.25, 0.3) is 22.3 Å². The SMILES string of the molecule is CC[C@H]1O[C@@H](n2cc(C)c(N)nc2=O)C[C@H]1OP([O-])(=S)OC[C@H]1O[C@@H](n2cc(C)c(=O)[nH]c2=O)C(OCCOC)[C@H]1OP(=O)([O-])OC[C@H]1O[C@@H](n2cnc3c(N)ncnc32)C(OCCOC)[C@H]1OP(=O)([O-])OC[C@H]1O[C@@H](n2cnc3c(=O)[nH]c(N)nc32)C(OCCOC)[C@H]1OP(=O)([S-])OC[C@H]1O[C@@H](n2cc(C)c(=O)[nH]c2=O)C(OCCOC)[C@H]1OP([O-])(=S)OC[C@H]1O[C@@H](N2C=C(C)C(N)NC2=O)C(OCCOC)[C@H]1O. The van der Waals surface area contributed by atoms with E-state index in [0.717, 1.165) is 54.5 Å². The standard InChI is InChI=1S/C76H113N20O41P5S3/c1-11-39-40(22-46(127-39)91-23-35(2)59(77)85-73(91)101)133-140(109,143)125-30-44-51(55(118-18-13-113-7)68(129-44)93-25-37(4)64(98)89-75(93)103)135-138(105,106)122-28-42-50(56(119-19-14-114-8)70(131-42)95-33-83-47-61(79)81-32-82-62(47)95)134-139(107,108)123-29-43-52(58(121-21-16-116-10)71(132-43)96-34-84-48-63(96)87-72(80)88-66(48)100)136-142(111,145)126-31-45-53(57(120-20-15-115-9)69(130-45)94-26-38(5)65(99)90-76(94)104)137-141(110,144)124-27-41-49(97)54(117-17-12-112-6)67(128-41)92-24-36(3)60(78)86-74(92)102/h23-26,32-34,39-46,49-58,60,67-71,97H,11-22,27-31,78H2,1-10H3,(H,86,102)(H,105,106)(H,107,108)(H,109,143)(H,110,144)(H,111,145)(H2,77,85,101)(H2,79,81,82)(H,89,98,103)(H,90,99,104)(H3,80,87,88,100)/p-5/t39-,40-,41-,42-,43-,44-,45-,46-,49+,50+,51+,52+,53+,54?,55?,56?,57?,58?,60?,67-,68-,69-,70-,71-,140?,141?,142?/m1/s1. The third kappa shape index (κ3) is 27.0. The minimum absolute atomic E-state index is 0.0225. The fraction of sp³-hybridized carbons (Fsp3) is 0.671. The number of rotatable bonds is 52. The number of imidazole rings is 2. The summed E-state index contributed by atoms with van der Waals surface area (Å²) in [4.78, 5) is 186. The van der Waals surface area contributed by atoms with Crippen LogP contribution in [0.2, 0.25) is 0 Å². The van der Waals surface area contributed by atoms with E-state index >= 15 is 23.5 Å². The number of hydrogen-bond donors (Lipinski definition) is 9. The van der Waals surface area contributed by atoms with Crippen molar-refractivity contribution >= 4 is 118 Å². The molecule has 6 saturated heterocycles. The van der Waals surface area contributed by atoms with Crippen molar-refractivity contribution in [3.63, 3.8) is 0 Å². The van der Waals surface area contributed by atoms with Crippen LogP contribution in [0.15, 0.2) is 78.1 Å². The molecule has 0 saturated carbocycles. The van der Waals surface area contributed by atoms with Gasteiger partial charge in [-0.05, 0) is 39.7 Å². The first-order valence-corrected chi connectivity index (χ1v) is 55.0. The topological polar surface area (TPSA) is 792 Å². The number of anilines is 3. The van der Waals surface area contributed by atoms with Crippen molar-refractivity contribution in [2.45, 2.75) is 195 Å². The average molecular weight is 2210 g/mol. The van der Waals surface area contributed by atoms with Gasteiger partial charge in [0.15, 0.2) is 60.6 Å². The molecule has 0 aromatic carbocycles. The molecule has 69 heteroatoms. The largest absolute Gasteiger partial charge is 0.780 e. The first-order valence-electron chi connectivity index (χ1n) is 44.4. The number of aryl methyl sites for hydroxylation is 3. The van der Waals surface area contributed by atoms with E-state index in [1.807, 2.05) is 0 Å². The fourth-order valence-corrected chi connectivity index (χ4v) is 22.7. The Morgan fingerprint density at radius 3 is 1.39 bits per heavy atom. The van der Waals surface area contributed by atoms with Crippen LogP contribution in [0, 0.1) is 20.8 Å². The summed E-state index contributed by atoms with van der Waals surface area (Å²) in [6, 6.07) is -0.748. The van der Waals surface area contributed by atoms with Gasteiger partial charge in [0.1, 0.15) is 135 Å². The second-order valence-corrected chi connectivity index (χ2v) is 44.2. The maximum Gasteiger partial charge on any atom is 0.351 e. The summed E-state index contributed by atoms with van der Waals surface area (Å²) < 4.78 is 206. The second kappa shape index (κ2) is 48.9. The maximum atomic E-state index is 15.6. The third-order valence-corrected chi connectivity index (χ3v) is 30.2. The molecule has 806 valence electrons. The molecule has 61 nitrogen and oxygen atoms in total. The van der Waals surface area contributed by atoms with E-state index in [0.29, 0.717) is 11.1 Å². The van der Waals surface area contributed by atoms with Crippen molar-refractivity contribution < 1.29 is 164 Å². The number of amides is 2. The summed E-state index contributed by atoms with van der Waals surface area (Å²) in [5, 5.41) is 14.4. The van der Waals surface area contributed by atoms with Gasteiger partial charge in [0.05, 0.1) is 124 Å².